The Morgan fingerprint density at radius 3 is 2.51 bits per heavy atom. The quantitative estimate of drug-likeness (QED) is 0.291. The Hall–Kier alpha value is -2.77. The van der Waals surface area contributed by atoms with Crippen molar-refractivity contribution in [2.75, 3.05) is 26.3 Å². The van der Waals surface area contributed by atoms with Gasteiger partial charge < -0.3 is 29.0 Å². The van der Waals surface area contributed by atoms with Crippen LogP contribution >= 0.6 is 23.2 Å². The van der Waals surface area contributed by atoms with E-state index in [0.29, 0.717) is 42.8 Å². The summed E-state index contributed by atoms with van der Waals surface area (Å²) in [5.74, 6) is 0.802. The molecule has 1 fully saturated rings. The maximum absolute atomic E-state index is 11.5. The van der Waals surface area contributed by atoms with Crippen LogP contribution in [-0.4, -0.2) is 43.4 Å². The highest BCUT2D eigenvalue weighted by Gasteiger charge is 2.31. The van der Waals surface area contributed by atoms with Crippen LogP contribution in [0.4, 0.5) is 4.79 Å². The van der Waals surface area contributed by atoms with Crippen molar-refractivity contribution in [3.8, 4) is 5.75 Å². The van der Waals surface area contributed by atoms with Crippen molar-refractivity contribution in [1.82, 2.24) is 4.90 Å². The lowest BCUT2D eigenvalue weighted by Gasteiger charge is -2.40. The average Bonchev–Trinajstić information content (AvgIpc) is 2.92. The van der Waals surface area contributed by atoms with Gasteiger partial charge in [-0.2, -0.15) is 0 Å². The SMILES string of the molecule is O=C([O-])N1CCC(c2ccc(OCCCOCc3ccccc3)cc2)C(OCc2cc(Cl)ccc2Cl)C1. The first-order valence-corrected chi connectivity index (χ1v) is 13.1. The molecule has 3 aromatic carbocycles. The summed E-state index contributed by atoms with van der Waals surface area (Å²) in [6, 6.07) is 23.2. The number of amides is 1. The zero-order valence-corrected chi connectivity index (χ0v) is 22.0. The molecule has 0 aromatic heterocycles. The predicted molar refractivity (Wildman–Crippen MR) is 142 cm³/mol. The Balaban J connectivity index is 1.29. The zero-order chi connectivity index (χ0) is 26.0. The number of carbonyl (C=O) groups excluding carboxylic acids is 1. The molecule has 8 heteroatoms. The highest BCUT2D eigenvalue weighted by atomic mass is 35.5. The van der Waals surface area contributed by atoms with Crippen molar-refractivity contribution in [2.24, 2.45) is 0 Å². The summed E-state index contributed by atoms with van der Waals surface area (Å²) < 4.78 is 17.8. The molecule has 1 heterocycles. The molecule has 0 bridgehead atoms. The van der Waals surface area contributed by atoms with Crippen molar-refractivity contribution in [3.63, 3.8) is 0 Å². The van der Waals surface area contributed by atoms with Gasteiger partial charge in [-0.3, -0.25) is 0 Å². The smallest absolute Gasteiger partial charge is 0.137 e. The van der Waals surface area contributed by atoms with Gasteiger partial charge in [-0.25, -0.2) is 0 Å². The predicted octanol–water partition coefficient (Wildman–Crippen LogP) is 5.70. The third-order valence-corrected chi connectivity index (χ3v) is 7.00. The number of rotatable bonds is 11. The maximum atomic E-state index is 11.5. The number of nitrogens with zero attached hydrogens (tertiary/aromatic N) is 1. The van der Waals surface area contributed by atoms with E-state index in [4.69, 9.17) is 37.4 Å². The Morgan fingerprint density at radius 1 is 0.973 bits per heavy atom. The van der Waals surface area contributed by atoms with Gasteiger partial charge in [0.05, 0.1) is 32.5 Å². The summed E-state index contributed by atoms with van der Waals surface area (Å²) >= 11 is 12.4. The standard InChI is InChI=1S/C29H31Cl2NO5/c30-24-9-12-27(31)23(17-24)20-37-28-18-32(29(33)34)14-13-26(28)22-7-10-25(11-8-22)36-16-4-15-35-19-21-5-2-1-3-6-21/h1-3,5-12,17,26,28H,4,13-16,18-20H2,(H,33,34)/p-1. The van der Waals surface area contributed by atoms with E-state index in [2.05, 4.69) is 0 Å². The Bertz CT molecular complexity index is 1140. The van der Waals surface area contributed by atoms with Crippen LogP contribution in [0.15, 0.2) is 72.8 Å². The second kappa shape index (κ2) is 13.7. The van der Waals surface area contributed by atoms with E-state index in [-0.39, 0.29) is 25.2 Å². The second-order valence-electron chi connectivity index (χ2n) is 9.00. The number of benzene rings is 3. The summed E-state index contributed by atoms with van der Waals surface area (Å²) in [6.07, 6.45) is -0.126. The fourth-order valence-corrected chi connectivity index (χ4v) is 4.78. The van der Waals surface area contributed by atoms with Gasteiger partial charge in [-0.15, -0.1) is 0 Å². The van der Waals surface area contributed by atoms with E-state index < -0.39 is 6.09 Å². The summed E-state index contributed by atoms with van der Waals surface area (Å²) in [5.41, 5.74) is 2.98. The molecule has 1 aliphatic heterocycles. The van der Waals surface area contributed by atoms with Crippen molar-refractivity contribution in [3.05, 3.63) is 99.5 Å². The van der Waals surface area contributed by atoms with Gasteiger partial charge in [0.2, 0.25) is 0 Å². The third-order valence-electron chi connectivity index (χ3n) is 6.40. The lowest BCUT2D eigenvalue weighted by molar-refractivity contribution is -0.268. The van der Waals surface area contributed by atoms with Crippen LogP contribution in [0.25, 0.3) is 0 Å². The maximum Gasteiger partial charge on any atom is 0.137 e. The summed E-state index contributed by atoms with van der Waals surface area (Å²) in [7, 11) is 0. The molecular weight excluding hydrogens is 513 g/mol. The number of hydrogen-bond donors (Lipinski definition) is 0. The number of halogens is 2. The summed E-state index contributed by atoms with van der Waals surface area (Å²) in [5, 5.41) is 12.6. The van der Waals surface area contributed by atoms with E-state index in [0.717, 1.165) is 28.9 Å². The zero-order valence-electron chi connectivity index (χ0n) is 20.5. The molecule has 37 heavy (non-hydrogen) atoms. The monoisotopic (exact) mass is 542 g/mol. The molecule has 0 radical (unpaired) electrons. The topological polar surface area (TPSA) is 71.1 Å². The summed E-state index contributed by atoms with van der Waals surface area (Å²) in [6.45, 7) is 2.64. The van der Waals surface area contributed by atoms with Crippen LogP contribution in [0.5, 0.6) is 5.75 Å². The molecule has 0 saturated carbocycles. The molecule has 0 spiro atoms. The molecule has 4 rings (SSSR count). The molecule has 2 atom stereocenters. The largest absolute Gasteiger partial charge is 0.530 e. The van der Waals surface area contributed by atoms with Crippen molar-refractivity contribution in [1.29, 1.82) is 0 Å². The van der Waals surface area contributed by atoms with E-state index in [9.17, 15) is 9.90 Å². The minimum atomic E-state index is -1.19. The van der Waals surface area contributed by atoms with Crippen LogP contribution in [-0.2, 0) is 22.7 Å². The highest BCUT2D eigenvalue weighted by Crippen LogP contribution is 2.33. The Morgan fingerprint density at radius 2 is 1.76 bits per heavy atom. The number of piperidine rings is 1. The number of hydrogen-bond acceptors (Lipinski definition) is 5. The molecule has 1 aliphatic rings. The normalized spacial score (nSPS) is 17.5. The van der Waals surface area contributed by atoms with Gasteiger partial charge in [0.25, 0.3) is 0 Å². The molecule has 6 nitrogen and oxygen atoms in total. The van der Waals surface area contributed by atoms with Crippen LogP contribution in [0.2, 0.25) is 10.0 Å². The third kappa shape index (κ3) is 8.11. The van der Waals surface area contributed by atoms with Crippen LogP contribution in [0.3, 0.4) is 0 Å². The number of ether oxygens (including phenoxy) is 3. The van der Waals surface area contributed by atoms with E-state index in [1.54, 1.807) is 18.2 Å². The van der Waals surface area contributed by atoms with E-state index in [1.165, 1.54) is 4.90 Å². The van der Waals surface area contributed by atoms with Crippen LogP contribution < -0.4 is 9.84 Å². The first-order valence-electron chi connectivity index (χ1n) is 12.4. The van der Waals surface area contributed by atoms with E-state index >= 15 is 0 Å². The molecule has 196 valence electrons. The lowest BCUT2D eigenvalue weighted by Crippen LogP contribution is -2.51. The molecule has 0 aliphatic carbocycles. The second-order valence-corrected chi connectivity index (χ2v) is 9.85. The fraction of sp³-hybridized carbons (Fsp3) is 0.345. The first-order chi connectivity index (χ1) is 18.0. The molecule has 2 unspecified atom stereocenters. The van der Waals surface area contributed by atoms with Crippen LogP contribution in [0.1, 0.15) is 35.4 Å². The number of carbonyl (C=O) groups is 1. The minimum absolute atomic E-state index is 0.0222. The van der Waals surface area contributed by atoms with Gasteiger partial charge in [0.1, 0.15) is 11.8 Å². The fourth-order valence-electron chi connectivity index (χ4n) is 4.41. The van der Waals surface area contributed by atoms with Crippen molar-refractivity contribution >= 4 is 29.3 Å². The van der Waals surface area contributed by atoms with Gasteiger partial charge in [0, 0.05) is 35.5 Å². The van der Waals surface area contributed by atoms with Crippen LogP contribution in [0, 0.1) is 0 Å². The number of likely N-dealkylation sites (tertiary alicyclic amines) is 1. The minimum Gasteiger partial charge on any atom is -0.530 e. The Labute approximate surface area is 227 Å². The van der Waals surface area contributed by atoms with E-state index in [1.807, 2.05) is 54.6 Å². The lowest BCUT2D eigenvalue weighted by atomic mass is 9.87. The van der Waals surface area contributed by atoms with Gasteiger partial charge in [-0.05, 0) is 53.4 Å². The van der Waals surface area contributed by atoms with Crippen molar-refractivity contribution in [2.45, 2.75) is 38.1 Å². The highest BCUT2D eigenvalue weighted by molar-refractivity contribution is 6.33. The number of carboxylic acid groups (broad SMARTS) is 1. The molecule has 1 saturated heterocycles. The van der Waals surface area contributed by atoms with Gasteiger partial charge >= 0.3 is 0 Å². The Kier molecular flexibility index (Phi) is 10.1. The average molecular weight is 543 g/mol. The van der Waals surface area contributed by atoms with Crippen molar-refractivity contribution < 1.29 is 24.1 Å². The molecular formula is C29H30Cl2NO5-. The molecule has 1 amide bonds. The molecule has 0 N–H and O–H groups in total. The first kappa shape index (κ1) is 27.3. The summed E-state index contributed by atoms with van der Waals surface area (Å²) in [4.78, 5) is 12.8. The van der Waals surface area contributed by atoms with Gasteiger partial charge in [0.15, 0.2) is 0 Å². The molecule has 3 aromatic rings. The van der Waals surface area contributed by atoms with Gasteiger partial charge in [-0.1, -0.05) is 65.7 Å².